The molecule has 10 heteroatoms. The van der Waals surface area contributed by atoms with Crippen LogP contribution in [0.4, 0.5) is 5.69 Å². The number of furan rings is 1. The molecule has 9 nitrogen and oxygen atoms in total. The molecule has 0 radical (unpaired) electrons. The minimum absolute atomic E-state index is 0.0372. The van der Waals surface area contributed by atoms with Crippen molar-refractivity contribution in [3.63, 3.8) is 0 Å². The SMILES string of the molecule is Cn1c(SCn2cc([N+](=O)[O-])cn2)nnc1-c1ccco1. The van der Waals surface area contributed by atoms with Crippen molar-refractivity contribution >= 4 is 17.4 Å². The molecule has 3 rings (SSSR count). The Morgan fingerprint density at radius 3 is 3.00 bits per heavy atom. The summed E-state index contributed by atoms with van der Waals surface area (Å²) in [6.07, 6.45) is 4.15. The second-order valence-electron chi connectivity index (χ2n) is 4.11. The molecule has 3 heterocycles. The Hall–Kier alpha value is -2.62. The van der Waals surface area contributed by atoms with Crippen molar-refractivity contribution < 1.29 is 9.34 Å². The summed E-state index contributed by atoms with van der Waals surface area (Å²) in [6, 6.07) is 3.58. The molecule has 0 aliphatic carbocycles. The van der Waals surface area contributed by atoms with E-state index in [1.54, 1.807) is 23.0 Å². The number of hydrogen-bond acceptors (Lipinski definition) is 7. The Bertz CT molecular complexity index is 763. The first-order chi connectivity index (χ1) is 10.1. The fraction of sp³-hybridized carbons (Fsp3) is 0.182. The van der Waals surface area contributed by atoms with Gasteiger partial charge < -0.3 is 8.98 Å². The zero-order chi connectivity index (χ0) is 14.8. The molecule has 0 spiro atoms. The Kier molecular flexibility index (Phi) is 3.44. The van der Waals surface area contributed by atoms with E-state index in [4.69, 9.17) is 4.42 Å². The van der Waals surface area contributed by atoms with Crippen molar-refractivity contribution in [3.8, 4) is 11.6 Å². The maximum atomic E-state index is 10.6. The van der Waals surface area contributed by atoms with Crippen LogP contribution in [-0.2, 0) is 12.9 Å². The van der Waals surface area contributed by atoms with Crippen LogP contribution in [0.15, 0.2) is 40.4 Å². The molecule has 0 bridgehead atoms. The fourth-order valence-corrected chi connectivity index (χ4v) is 2.47. The van der Waals surface area contributed by atoms with Crippen LogP contribution in [-0.4, -0.2) is 29.5 Å². The van der Waals surface area contributed by atoms with Gasteiger partial charge in [0.05, 0.1) is 17.1 Å². The summed E-state index contributed by atoms with van der Waals surface area (Å²) in [5.74, 6) is 1.65. The molecule has 0 N–H and O–H groups in total. The Morgan fingerprint density at radius 2 is 2.33 bits per heavy atom. The fourth-order valence-electron chi connectivity index (χ4n) is 1.70. The minimum atomic E-state index is -0.481. The summed E-state index contributed by atoms with van der Waals surface area (Å²) >= 11 is 1.37. The molecule has 3 aromatic rings. The smallest absolute Gasteiger partial charge is 0.307 e. The predicted octanol–water partition coefficient (Wildman–Crippen LogP) is 1.93. The average molecular weight is 306 g/mol. The van der Waals surface area contributed by atoms with Crippen LogP contribution in [0.1, 0.15) is 0 Å². The highest BCUT2D eigenvalue weighted by molar-refractivity contribution is 7.98. The Balaban J connectivity index is 1.72. The number of aromatic nitrogens is 5. The first-order valence-electron chi connectivity index (χ1n) is 5.88. The van der Waals surface area contributed by atoms with Gasteiger partial charge in [0.25, 0.3) is 0 Å². The third-order valence-electron chi connectivity index (χ3n) is 2.73. The van der Waals surface area contributed by atoms with Gasteiger partial charge in [-0.25, -0.2) is 0 Å². The van der Waals surface area contributed by atoms with Crippen molar-refractivity contribution in [1.82, 2.24) is 24.5 Å². The lowest BCUT2D eigenvalue weighted by Gasteiger charge is -2.02. The summed E-state index contributed by atoms with van der Waals surface area (Å²) < 4.78 is 8.55. The molecule has 0 amide bonds. The third kappa shape index (κ3) is 2.65. The maximum Gasteiger partial charge on any atom is 0.307 e. The zero-order valence-electron chi connectivity index (χ0n) is 10.9. The molecule has 21 heavy (non-hydrogen) atoms. The summed E-state index contributed by atoms with van der Waals surface area (Å²) in [5, 5.41) is 23.3. The largest absolute Gasteiger partial charge is 0.461 e. The second kappa shape index (κ2) is 5.40. The molecule has 0 aromatic carbocycles. The van der Waals surface area contributed by atoms with E-state index >= 15 is 0 Å². The highest BCUT2D eigenvalue weighted by Crippen LogP contribution is 2.24. The van der Waals surface area contributed by atoms with E-state index in [2.05, 4.69) is 15.3 Å². The van der Waals surface area contributed by atoms with Gasteiger partial charge >= 0.3 is 5.69 Å². The van der Waals surface area contributed by atoms with Gasteiger partial charge in [-0.15, -0.1) is 10.2 Å². The van der Waals surface area contributed by atoms with E-state index in [0.29, 0.717) is 22.6 Å². The van der Waals surface area contributed by atoms with Gasteiger partial charge in [-0.1, -0.05) is 11.8 Å². The highest BCUT2D eigenvalue weighted by Gasteiger charge is 2.14. The van der Waals surface area contributed by atoms with Crippen molar-refractivity contribution in [1.29, 1.82) is 0 Å². The van der Waals surface area contributed by atoms with E-state index in [0.717, 1.165) is 0 Å². The maximum absolute atomic E-state index is 10.6. The molecule has 0 atom stereocenters. The molecule has 0 fully saturated rings. The number of hydrogen-bond donors (Lipinski definition) is 0. The average Bonchev–Trinajstić information content (AvgIpc) is 3.17. The summed E-state index contributed by atoms with van der Waals surface area (Å²) in [6.45, 7) is 0. The van der Waals surface area contributed by atoms with Gasteiger partial charge in [0.15, 0.2) is 16.7 Å². The molecule has 0 unspecified atom stereocenters. The minimum Gasteiger partial charge on any atom is -0.461 e. The van der Waals surface area contributed by atoms with Crippen LogP contribution >= 0.6 is 11.8 Å². The van der Waals surface area contributed by atoms with E-state index < -0.39 is 4.92 Å². The quantitative estimate of drug-likeness (QED) is 0.403. The van der Waals surface area contributed by atoms with Gasteiger partial charge in [0.1, 0.15) is 12.4 Å². The summed E-state index contributed by atoms with van der Waals surface area (Å²) in [5.41, 5.74) is -0.0372. The number of nitrogens with zero attached hydrogens (tertiary/aromatic N) is 6. The lowest BCUT2D eigenvalue weighted by molar-refractivity contribution is -0.385. The third-order valence-corrected chi connectivity index (χ3v) is 3.74. The zero-order valence-corrected chi connectivity index (χ0v) is 11.7. The summed E-state index contributed by atoms with van der Waals surface area (Å²) in [7, 11) is 1.83. The lowest BCUT2D eigenvalue weighted by atomic mass is 10.4. The predicted molar refractivity (Wildman–Crippen MR) is 73.4 cm³/mol. The van der Waals surface area contributed by atoms with E-state index in [1.165, 1.54) is 28.8 Å². The number of nitro groups is 1. The van der Waals surface area contributed by atoms with Gasteiger partial charge in [-0.05, 0) is 12.1 Å². The van der Waals surface area contributed by atoms with Gasteiger partial charge in [-0.2, -0.15) is 5.10 Å². The molecule has 0 aliphatic rings. The Morgan fingerprint density at radius 1 is 1.48 bits per heavy atom. The molecule has 108 valence electrons. The lowest BCUT2D eigenvalue weighted by Crippen LogP contribution is -1.98. The van der Waals surface area contributed by atoms with Crippen LogP contribution in [0.25, 0.3) is 11.6 Å². The molecule has 0 saturated carbocycles. The molecule has 0 aliphatic heterocycles. The highest BCUT2D eigenvalue weighted by atomic mass is 32.2. The van der Waals surface area contributed by atoms with Gasteiger partial charge in [0.2, 0.25) is 0 Å². The van der Waals surface area contributed by atoms with Gasteiger partial charge in [0, 0.05) is 7.05 Å². The second-order valence-corrected chi connectivity index (χ2v) is 5.02. The topological polar surface area (TPSA) is 105 Å². The van der Waals surface area contributed by atoms with Crippen LogP contribution in [0.2, 0.25) is 0 Å². The number of thioether (sulfide) groups is 1. The molecular weight excluding hydrogens is 296 g/mol. The van der Waals surface area contributed by atoms with Crippen LogP contribution in [0, 0.1) is 10.1 Å². The standard InChI is InChI=1S/C11H10N6O3S/c1-15-10(9-3-2-4-20-9)13-14-11(15)21-7-16-6-8(5-12-16)17(18)19/h2-6H,7H2,1H3. The monoisotopic (exact) mass is 306 g/mol. The molecule has 0 saturated heterocycles. The van der Waals surface area contributed by atoms with Crippen molar-refractivity contribution in [2.45, 2.75) is 11.0 Å². The normalized spacial score (nSPS) is 10.9. The first-order valence-corrected chi connectivity index (χ1v) is 6.86. The Labute approximate surface area is 122 Å². The molecular formula is C11H10N6O3S. The van der Waals surface area contributed by atoms with Crippen molar-refractivity contribution in [2.24, 2.45) is 7.05 Å². The van der Waals surface area contributed by atoms with Crippen LogP contribution in [0.5, 0.6) is 0 Å². The van der Waals surface area contributed by atoms with E-state index in [9.17, 15) is 10.1 Å². The van der Waals surface area contributed by atoms with E-state index in [1.807, 2.05) is 7.05 Å². The van der Waals surface area contributed by atoms with Crippen molar-refractivity contribution in [2.75, 3.05) is 0 Å². The van der Waals surface area contributed by atoms with Crippen LogP contribution < -0.4 is 0 Å². The van der Waals surface area contributed by atoms with Crippen molar-refractivity contribution in [3.05, 3.63) is 40.9 Å². The van der Waals surface area contributed by atoms with E-state index in [-0.39, 0.29) is 5.69 Å². The number of rotatable bonds is 5. The van der Waals surface area contributed by atoms with Crippen LogP contribution in [0.3, 0.4) is 0 Å². The summed E-state index contributed by atoms with van der Waals surface area (Å²) in [4.78, 5) is 10.1. The first kappa shape index (κ1) is 13.4. The van der Waals surface area contributed by atoms with Gasteiger partial charge in [-0.3, -0.25) is 14.8 Å². The molecule has 3 aromatic heterocycles.